The van der Waals surface area contributed by atoms with Crippen molar-refractivity contribution in [3.8, 4) is 6.07 Å². The second kappa shape index (κ2) is 6.04. The van der Waals surface area contributed by atoms with Crippen molar-refractivity contribution >= 4 is 33.3 Å². The van der Waals surface area contributed by atoms with Crippen LogP contribution in [0, 0.1) is 11.3 Å². The molecule has 2 aromatic carbocycles. The van der Waals surface area contributed by atoms with E-state index in [1.165, 1.54) is 16.5 Å². The van der Waals surface area contributed by atoms with Crippen LogP contribution in [0.2, 0.25) is 0 Å². The Bertz CT molecular complexity index is 1290. The smallest absolute Gasteiger partial charge is 0.237 e. The monoisotopic (exact) mass is 398 g/mol. The van der Waals surface area contributed by atoms with Gasteiger partial charge in [0, 0.05) is 37.3 Å². The first-order valence-electron chi connectivity index (χ1n) is 11.0. The summed E-state index contributed by atoms with van der Waals surface area (Å²) in [4.78, 5) is 15.0. The Kier molecular flexibility index (Phi) is 3.84. The van der Waals surface area contributed by atoms with Crippen molar-refractivity contribution in [2.75, 3.05) is 11.9 Å². The number of fused-ring (bicyclic) bond motifs is 2. The molecule has 4 heteroatoms. The van der Waals surface area contributed by atoms with E-state index in [1.54, 1.807) is 4.90 Å². The molecule has 1 amide bonds. The van der Waals surface area contributed by atoms with Crippen LogP contribution in [0.5, 0.6) is 0 Å². The van der Waals surface area contributed by atoms with Crippen LogP contribution in [0.15, 0.2) is 30.5 Å². The molecule has 2 aliphatic rings. The second-order valence-corrected chi connectivity index (χ2v) is 9.45. The molecule has 1 aromatic heterocycles. The standard InChI is InChI=1S/C26H28N3O/c1-6-26(7-2)12-11-16-9-8-10-18-17(14-27)13-19-22-20(15-29(26)23(19)21(16)18)28(5)24(30)25(22,3)4/h8-10,13,15H,6-7,11-12H2,1-5H3/q+1. The highest BCUT2D eigenvalue weighted by molar-refractivity contribution is 6.16. The predicted molar refractivity (Wildman–Crippen MR) is 120 cm³/mol. The number of hydrogen-bond acceptors (Lipinski definition) is 2. The molecule has 30 heavy (non-hydrogen) atoms. The Morgan fingerprint density at radius 3 is 2.60 bits per heavy atom. The fourth-order valence-corrected chi connectivity index (χ4v) is 6.01. The molecule has 0 fully saturated rings. The lowest BCUT2D eigenvalue weighted by molar-refractivity contribution is -0.743. The number of nitrogens with zero attached hydrogens (tertiary/aromatic N) is 3. The molecule has 2 aliphatic heterocycles. The Labute approximate surface area is 177 Å². The number of carbonyl (C=O) groups is 1. The summed E-state index contributed by atoms with van der Waals surface area (Å²) in [6.45, 7) is 8.56. The number of hydrogen-bond donors (Lipinski definition) is 0. The van der Waals surface area contributed by atoms with Gasteiger partial charge in [0.25, 0.3) is 0 Å². The zero-order valence-electron chi connectivity index (χ0n) is 18.5. The van der Waals surface area contributed by atoms with Crippen LogP contribution in [-0.2, 0) is 22.2 Å². The first-order chi connectivity index (χ1) is 14.3. The summed E-state index contributed by atoms with van der Waals surface area (Å²) >= 11 is 0. The maximum atomic E-state index is 13.2. The van der Waals surface area contributed by atoms with Gasteiger partial charge >= 0.3 is 0 Å². The maximum Gasteiger partial charge on any atom is 0.237 e. The van der Waals surface area contributed by atoms with Crippen molar-refractivity contribution in [2.45, 2.75) is 64.3 Å². The molecule has 0 saturated carbocycles. The normalized spacial score (nSPS) is 18.7. The maximum absolute atomic E-state index is 13.2. The van der Waals surface area contributed by atoms with E-state index in [0.717, 1.165) is 47.7 Å². The lowest BCUT2D eigenvalue weighted by atomic mass is 9.82. The van der Waals surface area contributed by atoms with E-state index in [9.17, 15) is 10.1 Å². The Morgan fingerprint density at radius 1 is 1.20 bits per heavy atom. The molecule has 152 valence electrons. The number of likely N-dealkylation sites (N-methyl/N-ethyl adjacent to an activating group) is 1. The molecular weight excluding hydrogens is 370 g/mol. The van der Waals surface area contributed by atoms with Gasteiger partial charge in [-0.3, -0.25) is 4.79 Å². The Balaban J connectivity index is 2.11. The Hall–Kier alpha value is -2.93. The van der Waals surface area contributed by atoms with Gasteiger partial charge in [0.05, 0.1) is 27.8 Å². The second-order valence-electron chi connectivity index (χ2n) is 9.45. The fraction of sp³-hybridized carbons (Fsp3) is 0.423. The van der Waals surface area contributed by atoms with Crippen LogP contribution in [0.1, 0.15) is 63.6 Å². The van der Waals surface area contributed by atoms with Gasteiger partial charge in [0.15, 0.2) is 11.7 Å². The van der Waals surface area contributed by atoms with Crippen LogP contribution in [0.3, 0.4) is 0 Å². The topological polar surface area (TPSA) is 48.0 Å². The van der Waals surface area contributed by atoms with Crippen molar-refractivity contribution < 1.29 is 9.36 Å². The summed E-state index contributed by atoms with van der Waals surface area (Å²) in [5.41, 5.74) is 4.59. The van der Waals surface area contributed by atoms with Crippen LogP contribution < -0.4 is 9.47 Å². The molecule has 0 N–H and O–H groups in total. The van der Waals surface area contributed by atoms with Crippen molar-refractivity contribution in [3.63, 3.8) is 0 Å². The zero-order chi connectivity index (χ0) is 21.4. The van der Waals surface area contributed by atoms with Gasteiger partial charge in [0.1, 0.15) is 5.69 Å². The number of benzene rings is 2. The number of pyridine rings is 1. The molecule has 0 spiro atoms. The van der Waals surface area contributed by atoms with E-state index < -0.39 is 5.41 Å². The predicted octanol–water partition coefficient (Wildman–Crippen LogP) is 4.87. The minimum Gasteiger partial charge on any atom is -0.309 e. The minimum atomic E-state index is -0.619. The third-order valence-corrected chi connectivity index (χ3v) is 7.87. The van der Waals surface area contributed by atoms with Crippen molar-refractivity contribution in [2.24, 2.45) is 0 Å². The van der Waals surface area contributed by atoms with Crippen LogP contribution >= 0.6 is 0 Å². The summed E-state index contributed by atoms with van der Waals surface area (Å²) in [6, 6.07) is 10.8. The SMILES string of the molecule is CCC1(CC)CCc2cccc3c(C#N)cc4c5c(c[n+]1c4c23)N(C)C(=O)C5(C)C. The zero-order valence-corrected chi connectivity index (χ0v) is 18.5. The van der Waals surface area contributed by atoms with Crippen molar-refractivity contribution in [3.05, 3.63) is 47.2 Å². The summed E-state index contributed by atoms with van der Waals surface area (Å²) in [6.07, 6.45) is 6.32. The molecule has 3 aromatic rings. The average molecular weight is 399 g/mol. The summed E-state index contributed by atoms with van der Waals surface area (Å²) in [5, 5.41) is 13.3. The summed E-state index contributed by atoms with van der Waals surface area (Å²) in [5.74, 6) is 0.110. The summed E-state index contributed by atoms with van der Waals surface area (Å²) < 4.78 is 2.46. The first kappa shape index (κ1) is 19.1. The highest BCUT2D eigenvalue weighted by Gasteiger charge is 2.49. The highest BCUT2D eigenvalue weighted by Crippen LogP contribution is 2.47. The van der Waals surface area contributed by atoms with Gasteiger partial charge in [-0.1, -0.05) is 32.0 Å². The highest BCUT2D eigenvalue weighted by atomic mass is 16.2. The van der Waals surface area contributed by atoms with E-state index in [1.807, 2.05) is 27.0 Å². The third kappa shape index (κ3) is 2.10. The third-order valence-electron chi connectivity index (χ3n) is 7.87. The lowest BCUT2D eigenvalue weighted by Gasteiger charge is -2.27. The van der Waals surface area contributed by atoms with Gasteiger partial charge in [0.2, 0.25) is 11.4 Å². The average Bonchev–Trinajstić information content (AvgIpc) is 2.87. The molecule has 0 unspecified atom stereocenters. The van der Waals surface area contributed by atoms with E-state index in [2.05, 4.69) is 48.9 Å². The largest absolute Gasteiger partial charge is 0.309 e. The minimum absolute atomic E-state index is 0.00991. The van der Waals surface area contributed by atoms with Crippen LogP contribution in [0.25, 0.3) is 21.7 Å². The molecule has 0 saturated heterocycles. The molecule has 3 heterocycles. The lowest BCUT2D eigenvalue weighted by Crippen LogP contribution is -2.56. The van der Waals surface area contributed by atoms with Crippen molar-refractivity contribution in [1.82, 2.24) is 0 Å². The van der Waals surface area contributed by atoms with Crippen LogP contribution in [0.4, 0.5) is 5.69 Å². The number of nitriles is 1. The number of carbonyl (C=O) groups excluding carboxylic acids is 1. The number of aryl methyl sites for hydroxylation is 1. The first-order valence-corrected chi connectivity index (χ1v) is 11.0. The molecule has 0 aliphatic carbocycles. The molecule has 0 bridgehead atoms. The molecule has 4 nitrogen and oxygen atoms in total. The number of anilines is 1. The molecule has 5 rings (SSSR count). The van der Waals surface area contributed by atoms with Gasteiger partial charge in [-0.25, -0.2) is 0 Å². The van der Waals surface area contributed by atoms with Gasteiger partial charge in [-0.05, 0) is 31.9 Å². The van der Waals surface area contributed by atoms with Gasteiger partial charge in [-0.15, -0.1) is 0 Å². The van der Waals surface area contributed by atoms with E-state index >= 15 is 0 Å². The number of rotatable bonds is 2. The number of aromatic nitrogens is 1. The Morgan fingerprint density at radius 2 is 1.93 bits per heavy atom. The summed E-state index contributed by atoms with van der Waals surface area (Å²) in [7, 11) is 1.88. The molecule has 0 atom stereocenters. The van der Waals surface area contributed by atoms with E-state index in [0.29, 0.717) is 5.56 Å². The van der Waals surface area contributed by atoms with E-state index in [4.69, 9.17) is 0 Å². The molecular formula is C26H28N3O+. The van der Waals surface area contributed by atoms with Gasteiger partial charge < -0.3 is 4.90 Å². The number of amides is 1. The fourth-order valence-electron chi connectivity index (χ4n) is 6.01. The van der Waals surface area contributed by atoms with Crippen LogP contribution in [-0.4, -0.2) is 13.0 Å². The molecule has 0 radical (unpaired) electrons. The van der Waals surface area contributed by atoms with Crippen molar-refractivity contribution in [1.29, 1.82) is 5.26 Å². The quantitative estimate of drug-likeness (QED) is 0.457. The van der Waals surface area contributed by atoms with Gasteiger partial charge in [-0.2, -0.15) is 9.83 Å². The van der Waals surface area contributed by atoms with E-state index in [-0.39, 0.29) is 11.4 Å².